The first-order chi connectivity index (χ1) is 15.3. The number of aryl methyl sites for hydroxylation is 2. The maximum absolute atomic E-state index is 13.5. The number of benzene rings is 1. The van der Waals surface area contributed by atoms with E-state index < -0.39 is 5.60 Å². The van der Waals surface area contributed by atoms with E-state index in [1.165, 1.54) is 12.1 Å². The second-order valence-electron chi connectivity index (χ2n) is 7.68. The minimum absolute atomic E-state index is 0. The molecule has 1 aromatic carbocycles. The lowest BCUT2D eigenvalue weighted by molar-refractivity contribution is 0.0601. The summed E-state index contributed by atoms with van der Waals surface area (Å²) in [6, 6.07) is 11.4. The molecule has 178 valence electrons. The van der Waals surface area contributed by atoms with E-state index >= 15 is 0 Å². The van der Waals surface area contributed by atoms with Crippen molar-refractivity contribution < 1.29 is 18.7 Å². The lowest BCUT2D eigenvalue weighted by Gasteiger charge is -2.24. The molecule has 0 fully saturated rings. The second-order valence-corrected chi connectivity index (χ2v) is 7.68. The van der Waals surface area contributed by atoms with Gasteiger partial charge in [-0.25, -0.2) is 14.4 Å². The number of ether oxygens (including phenoxy) is 1. The van der Waals surface area contributed by atoms with Gasteiger partial charge in [0, 0.05) is 29.9 Å². The number of hydrogen-bond donors (Lipinski definition) is 3. The maximum Gasteiger partial charge on any atom is 0.224 e. The van der Waals surface area contributed by atoms with E-state index in [9.17, 15) is 9.50 Å². The van der Waals surface area contributed by atoms with E-state index in [1.807, 2.05) is 32.9 Å². The summed E-state index contributed by atoms with van der Waals surface area (Å²) < 4.78 is 24.8. The zero-order chi connectivity index (χ0) is 23.1. The quantitative estimate of drug-likeness (QED) is 0.206. The van der Waals surface area contributed by atoms with Crippen molar-refractivity contribution in [2.24, 2.45) is 4.99 Å². The largest absolute Gasteiger partial charge is 0.466 e. The van der Waals surface area contributed by atoms with Crippen LogP contribution in [-0.2, 0) is 12.1 Å². The summed E-state index contributed by atoms with van der Waals surface area (Å²) in [5, 5.41) is 17.3. The van der Waals surface area contributed by atoms with Gasteiger partial charge in [0.2, 0.25) is 5.88 Å². The lowest BCUT2D eigenvalue weighted by Crippen LogP contribution is -2.44. The normalized spacial score (nSPS) is 13.1. The molecule has 0 aliphatic carbocycles. The number of hydrogen-bond acceptors (Lipinski definition) is 5. The van der Waals surface area contributed by atoms with Gasteiger partial charge in [-0.3, -0.25) is 0 Å². The van der Waals surface area contributed by atoms with E-state index in [0.29, 0.717) is 29.9 Å². The van der Waals surface area contributed by atoms with Gasteiger partial charge in [0.1, 0.15) is 28.7 Å². The highest BCUT2D eigenvalue weighted by molar-refractivity contribution is 14.0. The predicted molar refractivity (Wildman–Crippen MR) is 137 cm³/mol. The number of aliphatic imine (C=N–C) groups is 1. The lowest BCUT2D eigenvalue weighted by atomic mass is 9.96. The van der Waals surface area contributed by atoms with Gasteiger partial charge in [-0.05, 0) is 52.0 Å². The Morgan fingerprint density at radius 1 is 1.21 bits per heavy atom. The molecule has 0 saturated heterocycles. The van der Waals surface area contributed by atoms with Gasteiger partial charge in [-0.2, -0.15) is 0 Å². The number of furan rings is 1. The third-order valence-corrected chi connectivity index (χ3v) is 4.83. The van der Waals surface area contributed by atoms with Crippen LogP contribution in [-0.4, -0.2) is 29.1 Å². The fourth-order valence-electron chi connectivity index (χ4n) is 3.30. The molecule has 7 nitrogen and oxygen atoms in total. The molecule has 0 aliphatic rings. The summed E-state index contributed by atoms with van der Waals surface area (Å²) in [6.45, 7) is 8.53. The number of guanidine groups is 1. The summed E-state index contributed by atoms with van der Waals surface area (Å²) in [6.07, 6.45) is 1.61. The zero-order valence-corrected chi connectivity index (χ0v) is 21.5. The van der Waals surface area contributed by atoms with E-state index in [1.54, 1.807) is 31.3 Å². The summed E-state index contributed by atoms with van der Waals surface area (Å²) in [4.78, 5) is 8.85. The molecule has 9 heteroatoms. The number of nitrogens with zero attached hydrogens (tertiary/aromatic N) is 2. The molecule has 0 saturated carbocycles. The van der Waals surface area contributed by atoms with Crippen LogP contribution >= 0.6 is 24.0 Å². The molecular formula is C24H30FIN4O3. The van der Waals surface area contributed by atoms with Crippen LogP contribution in [0.5, 0.6) is 11.6 Å². The molecule has 0 bridgehead atoms. The highest BCUT2D eigenvalue weighted by Gasteiger charge is 2.27. The molecule has 1 unspecified atom stereocenters. The number of halogens is 2. The van der Waals surface area contributed by atoms with Crippen LogP contribution in [0.3, 0.4) is 0 Å². The maximum atomic E-state index is 13.5. The number of aliphatic hydroxyl groups is 1. The van der Waals surface area contributed by atoms with Gasteiger partial charge in [-0.1, -0.05) is 12.1 Å². The molecule has 0 amide bonds. The smallest absolute Gasteiger partial charge is 0.224 e. The monoisotopic (exact) mass is 568 g/mol. The average Bonchev–Trinajstić information content (AvgIpc) is 3.10. The van der Waals surface area contributed by atoms with E-state index in [0.717, 1.165) is 16.9 Å². The number of pyridine rings is 1. The van der Waals surface area contributed by atoms with Crippen LogP contribution in [0.25, 0.3) is 0 Å². The Bertz CT molecular complexity index is 1090. The highest BCUT2D eigenvalue weighted by Crippen LogP contribution is 2.26. The molecule has 33 heavy (non-hydrogen) atoms. The fraction of sp³-hybridized carbons (Fsp3) is 0.333. The highest BCUT2D eigenvalue weighted by atomic mass is 127. The third-order valence-electron chi connectivity index (χ3n) is 4.83. The van der Waals surface area contributed by atoms with E-state index in [2.05, 4.69) is 20.6 Å². The minimum atomic E-state index is -1.14. The molecule has 2 aromatic heterocycles. The van der Waals surface area contributed by atoms with Crippen LogP contribution in [0, 0.1) is 19.7 Å². The van der Waals surface area contributed by atoms with Gasteiger partial charge in [-0.15, -0.1) is 24.0 Å². The van der Waals surface area contributed by atoms with Crippen molar-refractivity contribution in [2.45, 2.75) is 39.8 Å². The number of rotatable bonds is 8. The Kier molecular flexibility index (Phi) is 9.66. The van der Waals surface area contributed by atoms with Crippen LogP contribution < -0.4 is 15.4 Å². The van der Waals surface area contributed by atoms with Gasteiger partial charge in [0.15, 0.2) is 5.96 Å². The van der Waals surface area contributed by atoms with Gasteiger partial charge in [0.25, 0.3) is 0 Å². The first-order valence-corrected chi connectivity index (χ1v) is 10.5. The molecule has 1 atom stereocenters. The van der Waals surface area contributed by atoms with Gasteiger partial charge < -0.3 is 24.9 Å². The van der Waals surface area contributed by atoms with Crippen molar-refractivity contribution in [3.05, 3.63) is 77.1 Å². The van der Waals surface area contributed by atoms with Crippen molar-refractivity contribution in [1.82, 2.24) is 15.6 Å². The molecule has 3 rings (SSSR count). The summed E-state index contributed by atoms with van der Waals surface area (Å²) in [5.74, 6) is 2.31. The first kappa shape index (κ1) is 26.6. The SMILES string of the molecule is CCNC(=NCc1cccnc1Oc1cccc(F)c1)NCC(C)(O)c1cc(C)oc1C.I. The number of aromatic nitrogens is 1. The Labute approximate surface area is 210 Å². The Morgan fingerprint density at radius 2 is 2.00 bits per heavy atom. The molecule has 0 aliphatic heterocycles. The Morgan fingerprint density at radius 3 is 2.67 bits per heavy atom. The molecular weight excluding hydrogens is 538 g/mol. The standard InChI is InChI=1S/C24H29FN4O3.HI/c1-5-26-23(29-15-24(4,30)21-12-16(2)31-17(21)3)28-14-18-8-7-11-27-22(18)32-20-10-6-9-19(25)13-20;/h6-13,30H,5,14-15H2,1-4H3,(H2,26,28,29);1H. The minimum Gasteiger partial charge on any atom is -0.466 e. The van der Waals surface area contributed by atoms with Crippen LogP contribution in [0.1, 0.15) is 36.5 Å². The molecule has 0 radical (unpaired) electrons. The van der Waals surface area contributed by atoms with Crippen LogP contribution in [0.15, 0.2) is 58.1 Å². The second kappa shape index (κ2) is 12.0. The summed E-state index contributed by atoms with van der Waals surface area (Å²) in [7, 11) is 0. The number of nitrogens with one attached hydrogen (secondary N) is 2. The molecule has 3 N–H and O–H groups in total. The van der Waals surface area contributed by atoms with E-state index in [-0.39, 0.29) is 42.9 Å². The van der Waals surface area contributed by atoms with Crippen molar-refractivity contribution >= 4 is 29.9 Å². The Balaban J connectivity index is 0.00000385. The van der Waals surface area contributed by atoms with Crippen molar-refractivity contribution in [3.63, 3.8) is 0 Å². The zero-order valence-electron chi connectivity index (χ0n) is 19.2. The topological polar surface area (TPSA) is 91.9 Å². The summed E-state index contributed by atoms with van der Waals surface area (Å²) >= 11 is 0. The van der Waals surface area contributed by atoms with Gasteiger partial charge in [0.05, 0.1) is 13.1 Å². The molecule has 3 aromatic rings. The van der Waals surface area contributed by atoms with Crippen molar-refractivity contribution in [3.8, 4) is 11.6 Å². The third kappa shape index (κ3) is 7.43. The predicted octanol–water partition coefficient (Wildman–Crippen LogP) is 4.80. The molecule has 0 spiro atoms. The fourth-order valence-corrected chi connectivity index (χ4v) is 3.30. The van der Waals surface area contributed by atoms with Crippen LogP contribution in [0.4, 0.5) is 4.39 Å². The van der Waals surface area contributed by atoms with Crippen molar-refractivity contribution in [2.75, 3.05) is 13.1 Å². The molecule has 2 heterocycles. The average molecular weight is 568 g/mol. The Hall–Kier alpha value is -2.66. The summed E-state index contributed by atoms with van der Waals surface area (Å²) in [5.41, 5.74) is 0.330. The van der Waals surface area contributed by atoms with Crippen molar-refractivity contribution in [1.29, 1.82) is 0 Å². The van der Waals surface area contributed by atoms with E-state index in [4.69, 9.17) is 9.15 Å². The first-order valence-electron chi connectivity index (χ1n) is 10.5. The van der Waals surface area contributed by atoms with Crippen LogP contribution in [0.2, 0.25) is 0 Å². The van der Waals surface area contributed by atoms with Gasteiger partial charge >= 0.3 is 0 Å².